The second-order valence-corrected chi connectivity index (χ2v) is 4.46. The van der Waals surface area contributed by atoms with Gasteiger partial charge in [-0.3, -0.25) is 0 Å². The summed E-state index contributed by atoms with van der Waals surface area (Å²) in [6, 6.07) is 4.35. The Kier molecular flexibility index (Phi) is 4.81. The van der Waals surface area contributed by atoms with Gasteiger partial charge in [-0.15, -0.1) is 0 Å². The second-order valence-electron chi connectivity index (χ2n) is 4.46. The third kappa shape index (κ3) is 2.99. The van der Waals surface area contributed by atoms with Gasteiger partial charge in [0.1, 0.15) is 5.75 Å². The first-order chi connectivity index (χ1) is 7.62. The zero-order valence-corrected chi connectivity index (χ0v) is 10.8. The molecule has 0 aliphatic carbocycles. The van der Waals surface area contributed by atoms with Crippen LogP contribution >= 0.6 is 0 Å². The van der Waals surface area contributed by atoms with Crippen molar-refractivity contribution in [3.05, 3.63) is 28.8 Å². The van der Waals surface area contributed by atoms with E-state index in [4.69, 9.17) is 10.5 Å². The van der Waals surface area contributed by atoms with Crippen LogP contribution in [0.5, 0.6) is 5.75 Å². The molecule has 0 aliphatic heterocycles. The van der Waals surface area contributed by atoms with Crippen LogP contribution < -0.4 is 10.5 Å². The Labute approximate surface area is 98.8 Å². The maximum absolute atomic E-state index is 5.75. The van der Waals surface area contributed by atoms with Crippen molar-refractivity contribution in [1.29, 1.82) is 0 Å². The highest BCUT2D eigenvalue weighted by molar-refractivity contribution is 5.41. The van der Waals surface area contributed by atoms with Crippen molar-refractivity contribution < 1.29 is 4.74 Å². The van der Waals surface area contributed by atoms with E-state index in [0.717, 1.165) is 25.1 Å². The number of benzene rings is 1. The zero-order valence-electron chi connectivity index (χ0n) is 10.8. The van der Waals surface area contributed by atoms with Crippen LogP contribution in [0.3, 0.4) is 0 Å². The minimum atomic E-state index is 0.589. The van der Waals surface area contributed by atoms with E-state index >= 15 is 0 Å². The van der Waals surface area contributed by atoms with Crippen LogP contribution in [0.25, 0.3) is 0 Å². The molecule has 16 heavy (non-hydrogen) atoms. The molecule has 1 rings (SSSR count). The first kappa shape index (κ1) is 13.0. The predicted molar refractivity (Wildman–Crippen MR) is 69.0 cm³/mol. The molecule has 1 aromatic rings. The Morgan fingerprint density at radius 2 is 1.94 bits per heavy atom. The van der Waals surface area contributed by atoms with Crippen molar-refractivity contribution in [2.75, 3.05) is 13.7 Å². The summed E-state index contributed by atoms with van der Waals surface area (Å²) in [5, 5.41) is 0. The lowest BCUT2D eigenvalue weighted by molar-refractivity contribution is 0.411. The Morgan fingerprint density at radius 1 is 1.25 bits per heavy atom. The lowest BCUT2D eigenvalue weighted by Crippen LogP contribution is -2.16. The maximum atomic E-state index is 5.75. The lowest BCUT2D eigenvalue weighted by Gasteiger charge is -2.16. The summed E-state index contributed by atoms with van der Waals surface area (Å²) < 4.78 is 5.31. The smallest absolute Gasteiger partial charge is 0.122 e. The van der Waals surface area contributed by atoms with E-state index in [1.807, 2.05) is 0 Å². The number of hydrogen-bond donors (Lipinski definition) is 1. The highest BCUT2D eigenvalue weighted by Gasteiger charge is 2.09. The Balaban J connectivity index is 2.92. The van der Waals surface area contributed by atoms with Gasteiger partial charge >= 0.3 is 0 Å². The number of rotatable bonds is 5. The summed E-state index contributed by atoms with van der Waals surface area (Å²) in [7, 11) is 1.72. The van der Waals surface area contributed by atoms with Crippen LogP contribution in [0.2, 0.25) is 0 Å². The topological polar surface area (TPSA) is 35.2 Å². The summed E-state index contributed by atoms with van der Waals surface area (Å²) in [4.78, 5) is 0. The van der Waals surface area contributed by atoms with Crippen molar-refractivity contribution in [3.8, 4) is 5.75 Å². The van der Waals surface area contributed by atoms with Crippen molar-refractivity contribution in [3.63, 3.8) is 0 Å². The molecule has 90 valence electrons. The molecule has 0 heterocycles. The molecule has 0 radical (unpaired) electrons. The van der Waals surface area contributed by atoms with E-state index in [-0.39, 0.29) is 0 Å². The first-order valence-electron chi connectivity index (χ1n) is 5.96. The highest BCUT2D eigenvalue weighted by Crippen LogP contribution is 2.24. The maximum Gasteiger partial charge on any atom is 0.122 e. The molecule has 1 atom stereocenters. The molecule has 2 N–H and O–H groups in total. The normalized spacial score (nSPS) is 12.6. The summed E-state index contributed by atoms with van der Waals surface area (Å²) in [5.41, 5.74) is 9.65. The fourth-order valence-electron chi connectivity index (χ4n) is 1.99. The molecule has 0 aromatic heterocycles. The number of nitrogens with two attached hydrogens (primary N) is 1. The van der Waals surface area contributed by atoms with Crippen molar-refractivity contribution in [2.45, 2.75) is 33.6 Å². The van der Waals surface area contributed by atoms with Crippen molar-refractivity contribution in [2.24, 2.45) is 11.7 Å². The van der Waals surface area contributed by atoms with Gasteiger partial charge in [0.25, 0.3) is 0 Å². The second kappa shape index (κ2) is 5.90. The van der Waals surface area contributed by atoms with Gasteiger partial charge in [0.05, 0.1) is 7.11 Å². The molecule has 0 aliphatic rings. The van der Waals surface area contributed by atoms with Crippen LogP contribution in [-0.2, 0) is 6.42 Å². The van der Waals surface area contributed by atoms with Gasteiger partial charge in [0.15, 0.2) is 0 Å². The van der Waals surface area contributed by atoms with Gasteiger partial charge in [-0.1, -0.05) is 19.4 Å². The average Bonchev–Trinajstić information content (AvgIpc) is 2.29. The van der Waals surface area contributed by atoms with E-state index in [0.29, 0.717) is 5.92 Å². The van der Waals surface area contributed by atoms with Crippen LogP contribution in [0.15, 0.2) is 12.1 Å². The van der Waals surface area contributed by atoms with Crippen LogP contribution in [-0.4, -0.2) is 13.7 Å². The minimum Gasteiger partial charge on any atom is -0.496 e. The van der Waals surface area contributed by atoms with Crippen molar-refractivity contribution >= 4 is 0 Å². The molecule has 1 aromatic carbocycles. The van der Waals surface area contributed by atoms with Gasteiger partial charge in [-0.25, -0.2) is 0 Å². The van der Waals surface area contributed by atoms with E-state index in [1.54, 1.807) is 7.11 Å². The number of methoxy groups -OCH3 is 1. The molecule has 2 nitrogen and oxygen atoms in total. The quantitative estimate of drug-likeness (QED) is 0.829. The lowest BCUT2D eigenvalue weighted by atomic mass is 9.93. The summed E-state index contributed by atoms with van der Waals surface area (Å²) in [5.74, 6) is 1.56. The number of hydrogen-bond acceptors (Lipinski definition) is 2. The standard InChI is InChI=1S/C14H23NO/c1-5-12(9-15)8-13-6-11(3)14(16-4)7-10(13)2/h6-7,12H,5,8-9,15H2,1-4H3. The van der Waals surface area contributed by atoms with E-state index < -0.39 is 0 Å². The molecular weight excluding hydrogens is 198 g/mol. The van der Waals surface area contributed by atoms with Crippen LogP contribution in [0.1, 0.15) is 30.0 Å². The average molecular weight is 221 g/mol. The molecule has 0 spiro atoms. The molecule has 1 unspecified atom stereocenters. The monoisotopic (exact) mass is 221 g/mol. The third-order valence-corrected chi connectivity index (χ3v) is 3.27. The van der Waals surface area contributed by atoms with Gasteiger partial charge < -0.3 is 10.5 Å². The summed E-state index contributed by atoms with van der Waals surface area (Å²) in [6.45, 7) is 7.19. The largest absolute Gasteiger partial charge is 0.496 e. The molecule has 0 saturated heterocycles. The summed E-state index contributed by atoms with van der Waals surface area (Å²) in [6.07, 6.45) is 2.21. The fourth-order valence-corrected chi connectivity index (χ4v) is 1.99. The zero-order chi connectivity index (χ0) is 12.1. The molecule has 2 heteroatoms. The Morgan fingerprint density at radius 3 is 2.44 bits per heavy atom. The van der Waals surface area contributed by atoms with Crippen LogP contribution in [0.4, 0.5) is 0 Å². The fraction of sp³-hybridized carbons (Fsp3) is 0.571. The van der Waals surface area contributed by atoms with Gasteiger partial charge in [-0.05, 0) is 55.5 Å². The van der Waals surface area contributed by atoms with Gasteiger partial charge in [-0.2, -0.15) is 0 Å². The van der Waals surface area contributed by atoms with Gasteiger partial charge in [0, 0.05) is 0 Å². The first-order valence-corrected chi connectivity index (χ1v) is 5.96. The molecule has 0 fully saturated rings. The Hall–Kier alpha value is -1.02. The minimum absolute atomic E-state index is 0.589. The molecule has 0 bridgehead atoms. The van der Waals surface area contributed by atoms with E-state index in [2.05, 4.69) is 32.9 Å². The van der Waals surface area contributed by atoms with E-state index in [1.165, 1.54) is 16.7 Å². The molecule has 0 amide bonds. The predicted octanol–water partition coefficient (Wildman–Crippen LogP) is 2.84. The molecular formula is C14H23NO. The van der Waals surface area contributed by atoms with Crippen LogP contribution in [0, 0.1) is 19.8 Å². The number of ether oxygens (including phenoxy) is 1. The van der Waals surface area contributed by atoms with Crippen molar-refractivity contribution in [1.82, 2.24) is 0 Å². The van der Waals surface area contributed by atoms with Gasteiger partial charge in [0.2, 0.25) is 0 Å². The summed E-state index contributed by atoms with van der Waals surface area (Å²) >= 11 is 0. The van der Waals surface area contributed by atoms with E-state index in [9.17, 15) is 0 Å². The SMILES string of the molecule is CCC(CN)Cc1cc(C)c(OC)cc1C. The Bertz CT molecular complexity index is 343. The third-order valence-electron chi connectivity index (χ3n) is 3.27. The molecule has 0 saturated carbocycles. The number of aryl methyl sites for hydroxylation is 2. The highest BCUT2D eigenvalue weighted by atomic mass is 16.5.